The van der Waals surface area contributed by atoms with Crippen molar-refractivity contribution in [2.45, 2.75) is 26.4 Å². The van der Waals surface area contributed by atoms with E-state index in [1.54, 1.807) is 0 Å². The lowest BCUT2D eigenvalue weighted by Gasteiger charge is -2.13. The molecule has 1 heterocycles. The second kappa shape index (κ2) is 6.02. The summed E-state index contributed by atoms with van der Waals surface area (Å²) in [5.41, 5.74) is 7.06. The van der Waals surface area contributed by atoms with Crippen molar-refractivity contribution in [1.29, 1.82) is 5.26 Å². The number of para-hydroxylation sites is 1. The first-order valence-electron chi connectivity index (χ1n) is 6.35. The van der Waals surface area contributed by atoms with Crippen LogP contribution in [0.25, 0.3) is 0 Å². The fraction of sp³-hybridized carbons (Fsp3) is 0.267. The van der Waals surface area contributed by atoms with Gasteiger partial charge in [0.15, 0.2) is 5.82 Å². The van der Waals surface area contributed by atoms with E-state index in [-0.39, 0.29) is 18.0 Å². The maximum Gasteiger partial charge on any atom is 0.168 e. The van der Waals surface area contributed by atoms with Crippen LogP contribution in [0.5, 0.6) is 5.75 Å². The van der Waals surface area contributed by atoms with E-state index in [2.05, 4.69) is 23.8 Å². The van der Waals surface area contributed by atoms with Gasteiger partial charge in [0, 0.05) is 0 Å². The van der Waals surface area contributed by atoms with E-state index >= 15 is 0 Å². The van der Waals surface area contributed by atoms with E-state index in [0.29, 0.717) is 11.7 Å². The first-order chi connectivity index (χ1) is 9.61. The van der Waals surface area contributed by atoms with Crippen LogP contribution in [0.15, 0.2) is 30.5 Å². The molecule has 2 N–H and O–H groups in total. The summed E-state index contributed by atoms with van der Waals surface area (Å²) in [6.45, 7) is 4.44. The Morgan fingerprint density at radius 2 is 2.10 bits per heavy atom. The third kappa shape index (κ3) is 3.04. The predicted molar refractivity (Wildman–Crippen MR) is 76.0 cm³/mol. The van der Waals surface area contributed by atoms with Crippen LogP contribution in [0.3, 0.4) is 0 Å². The average Bonchev–Trinajstić information content (AvgIpc) is 2.45. The van der Waals surface area contributed by atoms with Crippen molar-refractivity contribution in [1.82, 2.24) is 9.97 Å². The first-order valence-corrected chi connectivity index (χ1v) is 6.35. The molecular formula is C15H16N4O. The molecule has 5 nitrogen and oxygen atoms in total. The molecule has 5 heteroatoms. The quantitative estimate of drug-likeness (QED) is 0.921. The lowest BCUT2D eigenvalue weighted by molar-refractivity contribution is 0.292. The van der Waals surface area contributed by atoms with Crippen molar-refractivity contribution in [3.05, 3.63) is 47.4 Å². The maximum absolute atomic E-state index is 8.77. The SMILES string of the molecule is CC(C)c1ccccc1OCc1ncc(C#N)c(N)n1. The van der Waals surface area contributed by atoms with Crippen molar-refractivity contribution in [3.63, 3.8) is 0 Å². The van der Waals surface area contributed by atoms with Gasteiger partial charge in [0.05, 0.1) is 6.20 Å². The molecular weight excluding hydrogens is 252 g/mol. The molecule has 0 aliphatic carbocycles. The second-order valence-corrected chi connectivity index (χ2v) is 4.68. The Morgan fingerprint density at radius 3 is 2.75 bits per heavy atom. The zero-order valence-electron chi connectivity index (χ0n) is 11.5. The zero-order chi connectivity index (χ0) is 14.5. The van der Waals surface area contributed by atoms with Crippen molar-refractivity contribution in [2.24, 2.45) is 0 Å². The Morgan fingerprint density at radius 1 is 1.35 bits per heavy atom. The van der Waals surface area contributed by atoms with Gasteiger partial charge in [-0.05, 0) is 17.5 Å². The van der Waals surface area contributed by atoms with Gasteiger partial charge in [-0.1, -0.05) is 32.0 Å². The molecule has 0 radical (unpaired) electrons. The molecule has 102 valence electrons. The van der Waals surface area contributed by atoms with Crippen LogP contribution in [0.1, 0.15) is 36.7 Å². The zero-order valence-corrected chi connectivity index (χ0v) is 11.5. The van der Waals surface area contributed by atoms with E-state index < -0.39 is 0 Å². The van der Waals surface area contributed by atoms with Crippen molar-refractivity contribution in [2.75, 3.05) is 5.73 Å². The van der Waals surface area contributed by atoms with Gasteiger partial charge < -0.3 is 10.5 Å². The molecule has 1 aromatic carbocycles. The Kier molecular flexibility index (Phi) is 4.16. The number of hydrogen-bond donors (Lipinski definition) is 1. The topological polar surface area (TPSA) is 84.8 Å². The van der Waals surface area contributed by atoms with Gasteiger partial charge in [-0.2, -0.15) is 5.26 Å². The summed E-state index contributed by atoms with van der Waals surface area (Å²) in [5.74, 6) is 1.82. The summed E-state index contributed by atoms with van der Waals surface area (Å²) in [4.78, 5) is 8.11. The van der Waals surface area contributed by atoms with Crippen LogP contribution in [0.2, 0.25) is 0 Å². The highest BCUT2D eigenvalue weighted by Crippen LogP contribution is 2.26. The molecule has 0 atom stereocenters. The van der Waals surface area contributed by atoms with Gasteiger partial charge in [0.1, 0.15) is 29.8 Å². The number of nitrogens with zero attached hydrogens (tertiary/aromatic N) is 3. The fourth-order valence-corrected chi connectivity index (χ4v) is 1.82. The number of rotatable bonds is 4. The van der Waals surface area contributed by atoms with E-state index in [9.17, 15) is 0 Å². The van der Waals surface area contributed by atoms with Gasteiger partial charge >= 0.3 is 0 Å². The average molecular weight is 268 g/mol. The van der Waals surface area contributed by atoms with Gasteiger partial charge in [0.25, 0.3) is 0 Å². The standard InChI is InChI=1S/C15H16N4O/c1-10(2)12-5-3-4-6-13(12)20-9-14-18-8-11(7-16)15(17)19-14/h3-6,8,10H,9H2,1-2H3,(H2,17,18,19). The molecule has 0 unspecified atom stereocenters. The summed E-state index contributed by atoms with van der Waals surface area (Å²) in [6, 6.07) is 9.79. The molecule has 20 heavy (non-hydrogen) atoms. The summed E-state index contributed by atoms with van der Waals surface area (Å²) < 4.78 is 5.75. The number of nitrogen functional groups attached to an aromatic ring is 1. The van der Waals surface area contributed by atoms with Crippen molar-refractivity contribution < 1.29 is 4.74 Å². The lowest BCUT2D eigenvalue weighted by atomic mass is 10.0. The van der Waals surface area contributed by atoms with E-state index in [4.69, 9.17) is 15.7 Å². The minimum atomic E-state index is 0.179. The number of benzene rings is 1. The number of anilines is 1. The molecule has 0 spiro atoms. The van der Waals surface area contributed by atoms with E-state index in [0.717, 1.165) is 11.3 Å². The van der Waals surface area contributed by atoms with Crippen LogP contribution in [-0.4, -0.2) is 9.97 Å². The molecule has 0 aliphatic rings. The number of hydrogen-bond acceptors (Lipinski definition) is 5. The summed E-state index contributed by atoms with van der Waals surface area (Å²) in [5, 5.41) is 8.77. The molecule has 1 aromatic heterocycles. The third-order valence-corrected chi connectivity index (χ3v) is 2.89. The molecule has 0 fully saturated rings. The minimum Gasteiger partial charge on any atom is -0.485 e. The number of ether oxygens (including phenoxy) is 1. The summed E-state index contributed by atoms with van der Waals surface area (Å²) in [7, 11) is 0. The largest absolute Gasteiger partial charge is 0.485 e. The summed E-state index contributed by atoms with van der Waals surface area (Å²) >= 11 is 0. The molecule has 2 rings (SSSR count). The first kappa shape index (κ1) is 13.8. The van der Waals surface area contributed by atoms with E-state index in [1.807, 2.05) is 30.3 Å². The smallest absolute Gasteiger partial charge is 0.168 e. The normalized spacial score (nSPS) is 10.3. The van der Waals surface area contributed by atoms with Crippen LogP contribution < -0.4 is 10.5 Å². The highest BCUT2D eigenvalue weighted by molar-refractivity contribution is 5.46. The highest BCUT2D eigenvalue weighted by atomic mass is 16.5. The Bertz CT molecular complexity index is 647. The van der Waals surface area contributed by atoms with E-state index in [1.165, 1.54) is 6.20 Å². The summed E-state index contributed by atoms with van der Waals surface area (Å²) in [6.07, 6.45) is 1.41. The van der Waals surface area contributed by atoms with Crippen molar-refractivity contribution >= 4 is 5.82 Å². The van der Waals surface area contributed by atoms with Gasteiger partial charge in [-0.3, -0.25) is 0 Å². The maximum atomic E-state index is 8.77. The van der Waals surface area contributed by atoms with Crippen LogP contribution in [0.4, 0.5) is 5.82 Å². The van der Waals surface area contributed by atoms with Gasteiger partial charge in [-0.15, -0.1) is 0 Å². The Labute approximate surface area is 118 Å². The van der Waals surface area contributed by atoms with Crippen LogP contribution in [0, 0.1) is 11.3 Å². The molecule has 0 amide bonds. The Balaban J connectivity index is 2.13. The number of aromatic nitrogens is 2. The second-order valence-electron chi connectivity index (χ2n) is 4.68. The highest BCUT2D eigenvalue weighted by Gasteiger charge is 2.09. The molecule has 0 aliphatic heterocycles. The molecule has 0 bridgehead atoms. The fourth-order valence-electron chi connectivity index (χ4n) is 1.82. The molecule has 0 saturated heterocycles. The minimum absolute atomic E-state index is 0.179. The number of nitriles is 1. The predicted octanol–water partition coefficient (Wildman–Crippen LogP) is 2.63. The van der Waals surface area contributed by atoms with Crippen LogP contribution in [-0.2, 0) is 6.61 Å². The monoisotopic (exact) mass is 268 g/mol. The number of nitrogens with two attached hydrogens (primary N) is 1. The molecule has 0 saturated carbocycles. The van der Waals surface area contributed by atoms with Crippen LogP contribution >= 0.6 is 0 Å². The Hall–Kier alpha value is -2.61. The molecule has 2 aromatic rings. The van der Waals surface area contributed by atoms with Crippen molar-refractivity contribution in [3.8, 4) is 11.8 Å². The van der Waals surface area contributed by atoms with Gasteiger partial charge in [0.2, 0.25) is 0 Å². The van der Waals surface area contributed by atoms with Gasteiger partial charge in [-0.25, -0.2) is 9.97 Å². The lowest BCUT2D eigenvalue weighted by Crippen LogP contribution is -2.06. The third-order valence-electron chi connectivity index (χ3n) is 2.89.